The summed E-state index contributed by atoms with van der Waals surface area (Å²) in [5, 5.41) is 0.673. The van der Waals surface area contributed by atoms with Gasteiger partial charge in [0.2, 0.25) is 0 Å². The molecule has 0 radical (unpaired) electrons. The number of likely N-dealkylation sites (N-methyl/N-ethyl adjacent to an activating group) is 1. The Morgan fingerprint density at radius 2 is 1.58 bits per heavy atom. The normalized spacial score (nSPS) is 15.0. The van der Waals surface area contributed by atoms with Gasteiger partial charge in [0.05, 0.1) is 5.57 Å². The molecule has 2 aromatic carbocycles. The van der Waals surface area contributed by atoms with E-state index in [9.17, 15) is 9.59 Å². The minimum absolute atomic E-state index is 0.0776. The molecule has 0 saturated carbocycles. The monoisotopic (exact) mass is 337 g/mol. The van der Waals surface area contributed by atoms with Gasteiger partial charge < -0.3 is 4.42 Å². The highest BCUT2D eigenvalue weighted by molar-refractivity contribution is 6.55. The van der Waals surface area contributed by atoms with Gasteiger partial charge in [-0.25, -0.2) is 0 Å². The predicted octanol–water partition coefficient (Wildman–Crippen LogP) is 4.05. The molecule has 4 rings (SSSR count). The zero-order valence-corrected chi connectivity index (χ0v) is 13.5. The van der Waals surface area contributed by atoms with Crippen molar-refractivity contribution in [1.82, 2.24) is 4.90 Å². The van der Waals surface area contributed by atoms with Crippen LogP contribution >= 0.6 is 11.6 Å². The number of fused-ring (bicyclic) bond motifs is 1. The van der Waals surface area contributed by atoms with Gasteiger partial charge in [0.15, 0.2) is 0 Å². The molecule has 2 heterocycles. The molecule has 0 spiro atoms. The number of halogens is 1. The summed E-state index contributed by atoms with van der Waals surface area (Å²) in [6.45, 7) is 0. The first-order valence-corrected chi connectivity index (χ1v) is 7.77. The smallest absolute Gasteiger partial charge is 0.272 e. The summed E-state index contributed by atoms with van der Waals surface area (Å²) < 4.78 is 5.99. The number of para-hydroxylation sites is 1. The van der Waals surface area contributed by atoms with Gasteiger partial charge in [-0.3, -0.25) is 14.5 Å². The third kappa shape index (κ3) is 2.00. The first-order valence-electron chi connectivity index (χ1n) is 7.39. The van der Waals surface area contributed by atoms with E-state index in [-0.39, 0.29) is 10.6 Å². The molecule has 5 heteroatoms. The molecule has 0 N–H and O–H groups in total. The molecule has 1 aromatic heterocycles. The van der Waals surface area contributed by atoms with Crippen molar-refractivity contribution in [3.05, 3.63) is 65.2 Å². The topological polar surface area (TPSA) is 50.5 Å². The van der Waals surface area contributed by atoms with Crippen LogP contribution < -0.4 is 0 Å². The second-order valence-corrected chi connectivity index (χ2v) is 5.90. The first kappa shape index (κ1) is 14.7. The lowest BCUT2D eigenvalue weighted by atomic mass is 9.98. The Balaban J connectivity index is 2.08. The zero-order valence-electron chi connectivity index (χ0n) is 12.7. The number of carbonyl (C=O) groups excluding carboxylic acids is 2. The van der Waals surface area contributed by atoms with Crippen LogP contribution in [0.3, 0.4) is 0 Å². The number of carbonyl (C=O) groups is 2. The summed E-state index contributed by atoms with van der Waals surface area (Å²) >= 11 is 6.20. The molecule has 24 heavy (non-hydrogen) atoms. The third-order valence-electron chi connectivity index (χ3n) is 4.11. The lowest BCUT2D eigenvalue weighted by Crippen LogP contribution is -2.26. The Morgan fingerprint density at radius 3 is 2.25 bits per heavy atom. The number of benzene rings is 2. The summed E-state index contributed by atoms with van der Waals surface area (Å²) in [6, 6.07) is 16.8. The SMILES string of the molecule is CN1C(=O)C(Cl)=C(c2c(-c3ccccc3)oc3ccccc23)C1=O. The van der Waals surface area contributed by atoms with Crippen molar-refractivity contribution in [1.29, 1.82) is 0 Å². The van der Waals surface area contributed by atoms with Crippen LogP contribution in [0.4, 0.5) is 0 Å². The van der Waals surface area contributed by atoms with E-state index < -0.39 is 11.8 Å². The van der Waals surface area contributed by atoms with Crippen molar-refractivity contribution in [3.8, 4) is 11.3 Å². The standard InChI is InChI=1S/C19H12ClNO3/c1-21-18(22)15(16(20)19(21)23)14-12-9-5-6-10-13(12)24-17(14)11-7-3-2-4-8-11/h2-10H,1H3. The molecule has 2 amide bonds. The lowest BCUT2D eigenvalue weighted by Gasteiger charge is -2.07. The minimum Gasteiger partial charge on any atom is -0.455 e. The Labute approximate surface area is 142 Å². The second kappa shape index (κ2) is 5.35. The van der Waals surface area contributed by atoms with Gasteiger partial charge in [-0.05, 0) is 6.07 Å². The second-order valence-electron chi connectivity index (χ2n) is 5.53. The maximum Gasteiger partial charge on any atom is 0.272 e. The summed E-state index contributed by atoms with van der Waals surface area (Å²) in [6.07, 6.45) is 0. The van der Waals surface area contributed by atoms with Crippen LogP contribution in [0.5, 0.6) is 0 Å². The third-order valence-corrected chi connectivity index (χ3v) is 4.46. The molecular formula is C19H12ClNO3. The number of hydrogen-bond donors (Lipinski definition) is 0. The van der Waals surface area contributed by atoms with E-state index in [4.69, 9.17) is 16.0 Å². The molecule has 4 nitrogen and oxygen atoms in total. The first-order chi connectivity index (χ1) is 11.6. The van der Waals surface area contributed by atoms with Crippen molar-refractivity contribution >= 4 is 40.0 Å². The molecule has 0 fully saturated rings. The van der Waals surface area contributed by atoms with Gasteiger partial charge in [-0.1, -0.05) is 60.1 Å². The quantitative estimate of drug-likeness (QED) is 0.663. The van der Waals surface area contributed by atoms with Crippen LogP contribution in [0.2, 0.25) is 0 Å². The fourth-order valence-electron chi connectivity index (χ4n) is 2.91. The average molecular weight is 338 g/mol. The highest BCUT2D eigenvalue weighted by Crippen LogP contribution is 2.42. The molecule has 0 bridgehead atoms. The molecule has 3 aromatic rings. The molecule has 0 unspecified atom stereocenters. The van der Waals surface area contributed by atoms with E-state index in [1.807, 2.05) is 54.6 Å². The van der Waals surface area contributed by atoms with E-state index in [2.05, 4.69) is 0 Å². The van der Waals surface area contributed by atoms with Crippen LogP contribution in [0.15, 0.2) is 64.0 Å². The summed E-state index contributed by atoms with van der Waals surface area (Å²) in [5.41, 5.74) is 2.20. The number of hydrogen-bond acceptors (Lipinski definition) is 3. The van der Waals surface area contributed by atoms with E-state index in [0.29, 0.717) is 16.9 Å². The maximum atomic E-state index is 12.6. The summed E-state index contributed by atoms with van der Waals surface area (Å²) in [7, 11) is 1.42. The van der Waals surface area contributed by atoms with Gasteiger partial charge in [-0.15, -0.1) is 0 Å². The van der Waals surface area contributed by atoms with Crippen molar-refractivity contribution in [2.75, 3.05) is 7.05 Å². The lowest BCUT2D eigenvalue weighted by molar-refractivity contribution is -0.134. The van der Waals surface area contributed by atoms with Crippen molar-refractivity contribution in [2.24, 2.45) is 0 Å². The van der Waals surface area contributed by atoms with E-state index in [1.54, 1.807) is 0 Å². The maximum absolute atomic E-state index is 12.6. The number of amides is 2. The largest absolute Gasteiger partial charge is 0.455 e. The van der Waals surface area contributed by atoms with E-state index >= 15 is 0 Å². The number of furan rings is 1. The van der Waals surface area contributed by atoms with Gasteiger partial charge in [0, 0.05) is 23.6 Å². The highest BCUT2D eigenvalue weighted by Gasteiger charge is 2.38. The minimum atomic E-state index is -0.499. The molecule has 118 valence electrons. The highest BCUT2D eigenvalue weighted by atomic mass is 35.5. The number of imide groups is 1. The van der Waals surface area contributed by atoms with Gasteiger partial charge in [0.25, 0.3) is 11.8 Å². The Kier molecular flexibility index (Phi) is 3.28. The van der Waals surface area contributed by atoms with Crippen LogP contribution in [-0.4, -0.2) is 23.8 Å². The van der Waals surface area contributed by atoms with Crippen molar-refractivity contribution in [2.45, 2.75) is 0 Å². The van der Waals surface area contributed by atoms with Crippen LogP contribution in [0.25, 0.3) is 27.9 Å². The van der Waals surface area contributed by atoms with Crippen LogP contribution in [-0.2, 0) is 9.59 Å². The number of rotatable bonds is 2. The van der Waals surface area contributed by atoms with Crippen LogP contribution in [0, 0.1) is 0 Å². The fraction of sp³-hybridized carbons (Fsp3) is 0.0526. The molecule has 0 atom stereocenters. The average Bonchev–Trinajstić information content (AvgIpc) is 3.08. The predicted molar refractivity (Wildman–Crippen MR) is 92.2 cm³/mol. The molecular weight excluding hydrogens is 326 g/mol. The molecule has 0 aliphatic carbocycles. The van der Waals surface area contributed by atoms with Crippen LogP contribution in [0.1, 0.15) is 5.56 Å². The molecule has 1 aliphatic rings. The van der Waals surface area contributed by atoms with Crippen molar-refractivity contribution in [3.63, 3.8) is 0 Å². The fourth-order valence-corrected chi connectivity index (χ4v) is 3.21. The van der Waals surface area contributed by atoms with Gasteiger partial charge in [0.1, 0.15) is 16.4 Å². The number of nitrogens with zero attached hydrogens (tertiary/aromatic N) is 1. The summed E-state index contributed by atoms with van der Waals surface area (Å²) in [5.74, 6) is -0.393. The Hall–Kier alpha value is -2.85. The van der Waals surface area contributed by atoms with E-state index in [0.717, 1.165) is 15.8 Å². The molecule has 1 aliphatic heterocycles. The van der Waals surface area contributed by atoms with Gasteiger partial charge in [-0.2, -0.15) is 0 Å². The zero-order chi connectivity index (χ0) is 16.8. The van der Waals surface area contributed by atoms with E-state index in [1.165, 1.54) is 7.05 Å². The summed E-state index contributed by atoms with van der Waals surface area (Å²) in [4.78, 5) is 25.7. The van der Waals surface area contributed by atoms with Gasteiger partial charge >= 0.3 is 0 Å². The van der Waals surface area contributed by atoms with Crippen molar-refractivity contribution < 1.29 is 14.0 Å². The Bertz CT molecular complexity index is 1020. The molecule has 0 saturated heterocycles. The Morgan fingerprint density at radius 1 is 0.917 bits per heavy atom.